The van der Waals surface area contributed by atoms with Crippen molar-refractivity contribution in [1.29, 1.82) is 0 Å². The summed E-state index contributed by atoms with van der Waals surface area (Å²) in [7, 11) is 1.81. The van der Waals surface area contributed by atoms with Crippen LogP contribution in [0.1, 0.15) is 34.1 Å². The molecule has 0 rings (SSSR count). The summed E-state index contributed by atoms with van der Waals surface area (Å²) < 4.78 is 0. The van der Waals surface area contributed by atoms with Gasteiger partial charge in [0.2, 0.25) is 5.91 Å². The Kier molecular flexibility index (Phi) is 10.3. The van der Waals surface area contributed by atoms with Gasteiger partial charge in [0.05, 0.1) is 0 Å². The molecule has 0 saturated carbocycles. The lowest BCUT2D eigenvalue weighted by Crippen LogP contribution is -2.24. The van der Waals surface area contributed by atoms with Gasteiger partial charge in [-0.1, -0.05) is 20.8 Å². The minimum absolute atomic E-state index is 0.145. The first-order chi connectivity index (χ1) is 4.68. The standard InChI is InChI=1S/C6H13NO.C2H6/c1-4-5-7(3)6(2)8;1-2/h4-5H2,1-3H3;1-2H3. The number of carbonyl (C=O) groups excluding carboxylic acids is 1. The second-order valence-corrected chi connectivity index (χ2v) is 1.94. The molecule has 10 heavy (non-hydrogen) atoms. The third kappa shape index (κ3) is 7.47. The lowest BCUT2D eigenvalue weighted by Gasteiger charge is -2.11. The lowest BCUT2D eigenvalue weighted by molar-refractivity contribution is -0.127. The molecule has 0 saturated heterocycles. The minimum atomic E-state index is 0.145. The monoisotopic (exact) mass is 145 g/mol. The molecule has 62 valence electrons. The van der Waals surface area contributed by atoms with Crippen molar-refractivity contribution in [3.8, 4) is 0 Å². The first-order valence-corrected chi connectivity index (χ1v) is 3.90. The second kappa shape index (κ2) is 8.47. The van der Waals surface area contributed by atoms with Crippen molar-refractivity contribution < 1.29 is 4.79 Å². The Bertz CT molecular complexity index is 81.3. The van der Waals surface area contributed by atoms with Crippen LogP contribution in [0.3, 0.4) is 0 Å². The van der Waals surface area contributed by atoms with Crippen molar-refractivity contribution in [3.05, 3.63) is 0 Å². The third-order valence-corrected chi connectivity index (χ3v) is 1.10. The predicted octanol–water partition coefficient (Wildman–Crippen LogP) is 1.90. The van der Waals surface area contributed by atoms with Gasteiger partial charge in [0.1, 0.15) is 0 Å². The molecule has 0 fully saturated rings. The van der Waals surface area contributed by atoms with E-state index in [0.29, 0.717) is 0 Å². The van der Waals surface area contributed by atoms with Crippen LogP contribution in [0.5, 0.6) is 0 Å². The van der Waals surface area contributed by atoms with Crippen LogP contribution < -0.4 is 0 Å². The van der Waals surface area contributed by atoms with E-state index in [1.54, 1.807) is 11.8 Å². The van der Waals surface area contributed by atoms with Crippen LogP contribution in [-0.4, -0.2) is 24.4 Å². The van der Waals surface area contributed by atoms with Gasteiger partial charge < -0.3 is 4.90 Å². The molecule has 0 aliphatic carbocycles. The average molecular weight is 145 g/mol. The topological polar surface area (TPSA) is 20.3 Å². The molecule has 0 bridgehead atoms. The number of carbonyl (C=O) groups is 1. The first kappa shape index (κ1) is 12.2. The van der Waals surface area contributed by atoms with Gasteiger partial charge in [0.25, 0.3) is 0 Å². The largest absolute Gasteiger partial charge is 0.346 e. The number of hydrogen-bond donors (Lipinski definition) is 0. The normalized spacial score (nSPS) is 7.70. The molecule has 0 heterocycles. The van der Waals surface area contributed by atoms with E-state index < -0.39 is 0 Å². The third-order valence-electron chi connectivity index (χ3n) is 1.10. The number of rotatable bonds is 2. The molecule has 0 aliphatic heterocycles. The molecule has 0 spiro atoms. The van der Waals surface area contributed by atoms with Crippen LogP contribution in [0, 0.1) is 0 Å². The van der Waals surface area contributed by atoms with Crippen LogP contribution in [0.2, 0.25) is 0 Å². The van der Waals surface area contributed by atoms with Gasteiger partial charge in [-0.05, 0) is 6.42 Å². The Morgan fingerprint density at radius 2 is 1.80 bits per heavy atom. The van der Waals surface area contributed by atoms with E-state index >= 15 is 0 Å². The summed E-state index contributed by atoms with van der Waals surface area (Å²) in [6.45, 7) is 8.50. The smallest absolute Gasteiger partial charge is 0.219 e. The molecule has 0 aromatic heterocycles. The fraction of sp³-hybridized carbons (Fsp3) is 0.875. The Labute approximate surface area is 64.2 Å². The molecule has 0 atom stereocenters. The number of hydrogen-bond acceptors (Lipinski definition) is 1. The van der Waals surface area contributed by atoms with Crippen molar-refractivity contribution >= 4 is 5.91 Å². The summed E-state index contributed by atoms with van der Waals surface area (Å²) in [5, 5.41) is 0. The Hall–Kier alpha value is -0.530. The summed E-state index contributed by atoms with van der Waals surface area (Å²) in [5.74, 6) is 0.145. The SMILES string of the molecule is CC.CCCN(C)C(C)=O. The maximum Gasteiger partial charge on any atom is 0.219 e. The first-order valence-electron chi connectivity index (χ1n) is 3.90. The van der Waals surface area contributed by atoms with Crippen LogP contribution in [0.25, 0.3) is 0 Å². The van der Waals surface area contributed by atoms with Gasteiger partial charge >= 0.3 is 0 Å². The number of amides is 1. The highest BCUT2D eigenvalue weighted by Crippen LogP contribution is 1.84. The van der Waals surface area contributed by atoms with E-state index in [4.69, 9.17) is 0 Å². The molecule has 0 N–H and O–H groups in total. The van der Waals surface area contributed by atoms with E-state index in [-0.39, 0.29) is 5.91 Å². The summed E-state index contributed by atoms with van der Waals surface area (Å²) in [6.07, 6.45) is 1.04. The fourth-order valence-corrected chi connectivity index (χ4v) is 0.493. The molecule has 0 aromatic carbocycles. The molecule has 1 amide bonds. The van der Waals surface area contributed by atoms with E-state index in [0.717, 1.165) is 13.0 Å². The summed E-state index contributed by atoms with van der Waals surface area (Å²) in [6, 6.07) is 0. The number of nitrogens with zero attached hydrogens (tertiary/aromatic N) is 1. The zero-order valence-corrected chi connectivity index (χ0v) is 7.77. The van der Waals surface area contributed by atoms with Gasteiger partial charge in [-0.15, -0.1) is 0 Å². The minimum Gasteiger partial charge on any atom is -0.346 e. The van der Waals surface area contributed by atoms with Crippen molar-refractivity contribution in [2.24, 2.45) is 0 Å². The van der Waals surface area contributed by atoms with E-state index in [9.17, 15) is 4.79 Å². The maximum atomic E-state index is 10.5. The van der Waals surface area contributed by atoms with Gasteiger partial charge in [0.15, 0.2) is 0 Å². The van der Waals surface area contributed by atoms with Crippen LogP contribution in [0.4, 0.5) is 0 Å². The Balaban J connectivity index is 0. The van der Waals surface area contributed by atoms with Gasteiger partial charge in [-0.3, -0.25) is 4.79 Å². The van der Waals surface area contributed by atoms with Crippen molar-refractivity contribution in [1.82, 2.24) is 4.90 Å². The van der Waals surface area contributed by atoms with Crippen molar-refractivity contribution in [2.45, 2.75) is 34.1 Å². The predicted molar refractivity (Wildman–Crippen MR) is 45.0 cm³/mol. The average Bonchev–Trinajstić information content (AvgIpc) is 1.93. The van der Waals surface area contributed by atoms with E-state index in [1.807, 2.05) is 20.9 Å². The van der Waals surface area contributed by atoms with Crippen LogP contribution in [-0.2, 0) is 4.79 Å². The van der Waals surface area contributed by atoms with Gasteiger partial charge in [-0.2, -0.15) is 0 Å². The van der Waals surface area contributed by atoms with Crippen LogP contribution >= 0.6 is 0 Å². The molecule has 2 heteroatoms. The van der Waals surface area contributed by atoms with Crippen molar-refractivity contribution in [2.75, 3.05) is 13.6 Å². The Morgan fingerprint density at radius 1 is 1.40 bits per heavy atom. The zero-order valence-electron chi connectivity index (χ0n) is 7.77. The van der Waals surface area contributed by atoms with E-state index in [1.165, 1.54) is 0 Å². The second-order valence-electron chi connectivity index (χ2n) is 1.94. The summed E-state index contributed by atoms with van der Waals surface area (Å²) in [4.78, 5) is 12.2. The summed E-state index contributed by atoms with van der Waals surface area (Å²) in [5.41, 5.74) is 0. The molecule has 0 radical (unpaired) electrons. The molecule has 0 unspecified atom stereocenters. The highest BCUT2D eigenvalue weighted by Gasteiger charge is 1.96. The van der Waals surface area contributed by atoms with Gasteiger partial charge in [0, 0.05) is 20.5 Å². The fourth-order valence-electron chi connectivity index (χ4n) is 0.493. The van der Waals surface area contributed by atoms with Crippen molar-refractivity contribution in [3.63, 3.8) is 0 Å². The Morgan fingerprint density at radius 3 is 1.90 bits per heavy atom. The maximum absolute atomic E-state index is 10.5. The molecular weight excluding hydrogens is 126 g/mol. The van der Waals surface area contributed by atoms with E-state index in [2.05, 4.69) is 6.92 Å². The summed E-state index contributed by atoms with van der Waals surface area (Å²) >= 11 is 0. The molecule has 2 nitrogen and oxygen atoms in total. The molecular formula is C8H19NO. The molecule has 0 aromatic rings. The van der Waals surface area contributed by atoms with Crippen LogP contribution in [0.15, 0.2) is 0 Å². The highest BCUT2D eigenvalue weighted by molar-refractivity contribution is 5.72. The zero-order chi connectivity index (χ0) is 8.57. The molecule has 0 aliphatic rings. The quantitative estimate of drug-likeness (QED) is 0.581. The highest BCUT2D eigenvalue weighted by atomic mass is 16.2. The van der Waals surface area contributed by atoms with Gasteiger partial charge in [-0.25, -0.2) is 0 Å². The lowest BCUT2D eigenvalue weighted by atomic mass is 10.4.